The molecule has 4 heterocycles. The summed E-state index contributed by atoms with van der Waals surface area (Å²) in [6, 6.07) is 7.47. The van der Waals surface area contributed by atoms with Gasteiger partial charge in [0.25, 0.3) is 0 Å². The molecule has 0 spiro atoms. The molecule has 2 aliphatic rings. The van der Waals surface area contributed by atoms with Gasteiger partial charge in [0.15, 0.2) is 11.6 Å². The lowest BCUT2D eigenvalue weighted by Crippen LogP contribution is -2.31. The van der Waals surface area contributed by atoms with E-state index in [1.54, 1.807) is 16.0 Å². The standard InChI is InChI=1S/C18H16N4O2S/c1-10-7-8-13(24-10)16-15-11(4-2-5-12(15)23)19-18-20-17(21-22(16)18)14-6-3-9-25-14/h3,6-9,16H,2,4-5H2,1H3,(H,19,20,21). The van der Waals surface area contributed by atoms with Crippen LogP contribution in [0.5, 0.6) is 0 Å². The first-order valence-electron chi connectivity index (χ1n) is 8.31. The van der Waals surface area contributed by atoms with E-state index in [1.165, 1.54) is 0 Å². The Morgan fingerprint density at radius 2 is 2.24 bits per heavy atom. The van der Waals surface area contributed by atoms with Crippen LogP contribution in [0.2, 0.25) is 0 Å². The summed E-state index contributed by atoms with van der Waals surface area (Å²) in [5.74, 6) is 3.03. The minimum absolute atomic E-state index is 0.159. The van der Waals surface area contributed by atoms with Gasteiger partial charge in [0.1, 0.15) is 17.6 Å². The number of carbonyl (C=O) groups excluding carboxylic acids is 1. The number of rotatable bonds is 2. The van der Waals surface area contributed by atoms with Gasteiger partial charge in [0.2, 0.25) is 5.95 Å². The van der Waals surface area contributed by atoms with Gasteiger partial charge in [-0.1, -0.05) is 6.07 Å². The molecule has 7 heteroatoms. The Labute approximate surface area is 148 Å². The number of ketones is 1. The Balaban J connectivity index is 1.70. The Morgan fingerprint density at radius 1 is 1.32 bits per heavy atom. The molecule has 0 bridgehead atoms. The van der Waals surface area contributed by atoms with Crippen molar-refractivity contribution >= 4 is 23.1 Å². The highest BCUT2D eigenvalue weighted by Gasteiger charge is 2.38. The van der Waals surface area contributed by atoms with Crippen molar-refractivity contribution in [2.45, 2.75) is 32.2 Å². The number of hydrogen-bond donors (Lipinski definition) is 1. The summed E-state index contributed by atoms with van der Waals surface area (Å²) in [7, 11) is 0. The van der Waals surface area contributed by atoms with Crippen LogP contribution in [0, 0.1) is 6.92 Å². The van der Waals surface area contributed by atoms with Gasteiger partial charge in [-0.2, -0.15) is 4.98 Å². The summed E-state index contributed by atoms with van der Waals surface area (Å²) in [5.41, 5.74) is 1.71. The van der Waals surface area contributed by atoms with Crippen molar-refractivity contribution in [3.05, 3.63) is 52.4 Å². The van der Waals surface area contributed by atoms with Gasteiger partial charge in [0.05, 0.1) is 4.88 Å². The quantitative estimate of drug-likeness (QED) is 0.756. The van der Waals surface area contributed by atoms with E-state index in [0.29, 0.717) is 18.2 Å². The lowest BCUT2D eigenvalue weighted by atomic mass is 9.88. The third-order valence-electron chi connectivity index (χ3n) is 4.64. The van der Waals surface area contributed by atoms with Crippen LogP contribution in [0.1, 0.15) is 36.8 Å². The van der Waals surface area contributed by atoms with Crippen molar-refractivity contribution in [3.8, 4) is 10.7 Å². The molecule has 5 rings (SSSR count). The van der Waals surface area contributed by atoms with Gasteiger partial charge < -0.3 is 9.73 Å². The molecule has 1 aliphatic heterocycles. The number of Topliss-reactive ketones (excluding diaryl/α,β-unsaturated/α-hetero) is 1. The van der Waals surface area contributed by atoms with Crippen LogP contribution in [-0.4, -0.2) is 20.5 Å². The fourth-order valence-electron chi connectivity index (χ4n) is 3.53. The fourth-order valence-corrected chi connectivity index (χ4v) is 4.18. The number of nitrogens with one attached hydrogen (secondary N) is 1. The van der Waals surface area contributed by atoms with Gasteiger partial charge in [-0.15, -0.1) is 16.4 Å². The van der Waals surface area contributed by atoms with E-state index in [0.717, 1.165) is 40.5 Å². The minimum Gasteiger partial charge on any atom is -0.464 e. The number of fused-ring (bicyclic) bond motifs is 1. The maximum Gasteiger partial charge on any atom is 0.227 e. The van der Waals surface area contributed by atoms with Crippen molar-refractivity contribution in [2.75, 3.05) is 5.32 Å². The van der Waals surface area contributed by atoms with Gasteiger partial charge in [-0.3, -0.25) is 4.79 Å². The predicted octanol–water partition coefficient (Wildman–Crippen LogP) is 3.93. The van der Waals surface area contributed by atoms with Crippen molar-refractivity contribution in [2.24, 2.45) is 0 Å². The van der Waals surface area contributed by atoms with Gasteiger partial charge in [0, 0.05) is 17.7 Å². The van der Waals surface area contributed by atoms with Crippen LogP contribution in [0.25, 0.3) is 10.7 Å². The van der Waals surface area contributed by atoms with Gasteiger partial charge in [-0.25, -0.2) is 4.68 Å². The molecule has 0 fully saturated rings. The number of hydrogen-bond acceptors (Lipinski definition) is 6. The summed E-state index contributed by atoms with van der Waals surface area (Å²) >= 11 is 1.60. The first kappa shape index (κ1) is 14.7. The first-order valence-corrected chi connectivity index (χ1v) is 9.18. The average Bonchev–Trinajstić information content (AvgIpc) is 3.33. The molecule has 1 N–H and O–H groups in total. The first-order chi connectivity index (χ1) is 12.2. The van der Waals surface area contributed by atoms with E-state index in [1.807, 2.05) is 36.6 Å². The molecule has 0 amide bonds. The number of thiophene rings is 1. The highest BCUT2D eigenvalue weighted by atomic mass is 32.1. The van der Waals surface area contributed by atoms with E-state index in [4.69, 9.17) is 9.52 Å². The number of furan rings is 1. The van der Waals surface area contributed by atoms with Crippen LogP contribution in [-0.2, 0) is 4.79 Å². The maximum atomic E-state index is 12.7. The molecule has 0 saturated heterocycles. The zero-order chi connectivity index (χ0) is 17.0. The van der Waals surface area contributed by atoms with Crippen molar-refractivity contribution < 1.29 is 9.21 Å². The maximum absolute atomic E-state index is 12.7. The fraction of sp³-hybridized carbons (Fsp3) is 0.278. The minimum atomic E-state index is -0.353. The molecular formula is C18H16N4O2S. The van der Waals surface area contributed by atoms with Crippen molar-refractivity contribution in [1.82, 2.24) is 14.8 Å². The highest BCUT2D eigenvalue weighted by Crippen LogP contribution is 2.41. The van der Waals surface area contributed by atoms with Crippen LogP contribution in [0.3, 0.4) is 0 Å². The second kappa shape index (κ2) is 5.42. The zero-order valence-corrected chi connectivity index (χ0v) is 14.5. The summed E-state index contributed by atoms with van der Waals surface area (Å²) in [5, 5.41) is 10.0. The monoisotopic (exact) mass is 352 g/mol. The molecule has 25 heavy (non-hydrogen) atoms. The molecule has 1 unspecified atom stereocenters. The van der Waals surface area contributed by atoms with E-state index < -0.39 is 0 Å². The number of allylic oxidation sites excluding steroid dienone is 2. The SMILES string of the molecule is Cc1ccc(C2C3=C(CCCC3=O)Nc3nc(-c4cccs4)nn32)o1. The lowest BCUT2D eigenvalue weighted by Gasteiger charge is -2.30. The second-order valence-electron chi connectivity index (χ2n) is 6.33. The van der Waals surface area contributed by atoms with Crippen LogP contribution >= 0.6 is 11.3 Å². The zero-order valence-electron chi connectivity index (χ0n) is 13.7. The Hall–Kier alpha value is -2.67. The van der Waals surface area contributed by atoms with E-state index in [9.17, 15) is 4.79 Å². The number of carbonyl (C=O) groups is 1. The largest absolute Gasteiger partial charge is 0.464 e. The number of nitrogens with zero attached hydrogens (tertiary/aromatic N) is 3. The molecule has 1 atom stereocenters. The molecule has 1 aliphatic carbocycles. The van der Waals surface area contributed by atoms with Crippen molar-refractivity contribution in [1.29, 1.82) is 0 Å². The molecule has 3 aromatic rings. The normalized spacial score (nSPS) is 19.6. The van der Waals surface area contributed by atoms with Crippen LogP contribution in [0.15, 0.2) is 45.3 Å². The Bertz CT molecular complexity index is 996. The molecular weight excluding hydrogens is 336 g/mol. The number of anilines is 1. The summed E-state index contributed by atoms with van der Waals surface area (Å²) in [4.78, 5) is 18.3. The number of aromatic nitrogens is 3. The summed E-state index contributed by atoms with van der Waals surface area (Å²) in [6.45, 7) is 1.90. The van der Waals surface area contributed by atoms with E-state index >= 15 is 0 Å². The van der Waals surface area contributed by atoms with Crippen LogP contribution in [0.4, 0.5) is 5.95 Å². The van der Waals surface area contributed by atoms with E-state index in [2.05, 4.69) is 10.3 Å². The lowest BCUT2D eigenvalue weighted by molar-refractivity contribution is -0.116. The molecule has 126 valence electrons. The van der Waals surface area contributed by atoms with Gasteiger partial charge >= 0.3 is 0 Å². The predicted molar refractivity (Wildman–Crippen MR) is 94.4 cm³/mol. The molecule has 0 aromatic carbocycles. The Morgan fingerprint density at radius 3 is 3.00 bits per heavy atom. The summed E-state index contributed by atoms with van der Waals surface area (Å²) < 4.78 is 7.66. The van der Waals surface area contributed by atoms with Gasteiger partial charge in [-0.05, 0) is 43.3 Å². The average molecular weight is 352 g/mol. The molecule has 0 radical (unpaired) electrons. The van der Waals surface area contributed by atoms with Crippen molar-refractivity contribution in [3.63, 3.8) is 0 Å². The highest BCUT2D eigenvalue weighted by molar-refractivity contribution is 7.13. The summed E-state index contributed by atoms with van der Waals surface area (Å²) in [6.07, 6.45) is 2.28. The van der Waals surface area contributed by atoms with Crippen LogP contribution < -0.4 is 5.32 Å². The molecule has 0 saturated carbocycles. The number of aryl methyl sites for hydroxylation is 1. The van der Waals surface area contributed by atoms with E-state index in [-0.39, 0.29) is 11.8 Å². The second-order valence-corrected chi connectivity index (χ2v) is 7.27. The third kappa shape index (κ3) is 2.26. The third-order valence-corrected chi connectivity index (χ3v) is 5.51. The smallest absolute Gasteiger partial charge is 0.227 e. The molecule has 3 aromatic heterocycles. The Kier molecular flexibility index (Phi) is 3.18. The molecule has 6 nitrogen and oxygen atoms in total. The topological polar surface area (TPSA) is 73.0 Å².